The van der Waals surface area contributed by atoms with Gasteiger partial charge in [0, 0.05) is 29.2 Å². The summed E-state index contributed by atoms with van der Waals surface area (Å²) in [6.07, 6.45) is 4.68. The molecule has 1 aromatic carbocycles. The van der Waals surface area contributed by atoms with E-state index in [1.165, 1.54) is 0 Å². The number of nitrogens with one attached hydrogen (secondary N) is 2. The fourth-order valence-electron chi connectivity index (χ4n) is 3.42. The van der Waals surface area contributed by atoms with E-state index in [0.717, 1.165) is 48.8 Å². The second kappa shape index (κ2) is 9.55. The number of benzene rings is 1. The molecule has 0 radical (unpaired) electrons. The van der Waals surface area contributed by atoms with Gasteiger partial charge in [0.15, 0.2) is 0 Å². The first-order valence-electron chi connectivity index (χ1n) is 8.72. The first-order valence-corrected chi connectivity index (χ1v) is 9.51. The first-order chi connectivity index (χ1) is 11.6. The van der Waals surface area contributed by atoms with Gasteiger partial charge in [0.05, 0.1) is 6.04 Å². The van der Waals surface area contributed by atoms with Gasteiger partial charge in [0.25, 0.3) is 0 Å². The van der Waals surface area contributed by atoms with Crippen LogP contribution in [0.1, 0.15) is 32.1 Å². The summed E-state index contributed by atoms with van der Waals surface area (Å²) in [5.74, 6) is 0.249. The molecule has 2 saturated heterocycles. The van der Waals surface area contributed by atoms with Crippen LogP contribution < -0.4 is 10.6 Å². The topological polar surface area (TPSA) is 61.4 Å². The molecule has 0 aliphatic carbocycles. The Morgan fingerprint density at radius 3 is 2.36 bits per heavy atom. The smallest absolute Gasteiger partial charge is 0.239 e. The molecule has 5 nitrogen and oxygen atoms in total. The summed E-state index contributed by atoms with van der Waals surface area (Å²) >= 11 is 3.39. The number of carbonyl (C=O) groups is 2. The minimum atomic E-state index is -0.0214. The number of halogens is 2. The van der Waals surface area contributed by atoms with Gasteiger partial charge in [-0.25, -0.2) is 0 Å². The quantitative estimate of drug-likeness (QED) is 0.774. The molecule has 138 valence electrons. The Labute approximate surface area is 163 Å². The van der Waals surface area contributed by atoms with Crippen LogP contribution in [0.15, 0.2) is 28.7 Å². The summed E-state index contributed by atoms with van der Waals surface area (Å²) in [7, 11) is 0. The van der Waals surface area contributed by atoms with E-state index < -0.39 is 0 Å². The highest BCUT2D eigenvalue weighted by atomic mass is 79.9. The molecular formula is C18H25BrClN3O2. The van der Waals surface area contributed by atoms with Crippen LogP contribution in [0.5, 0.6) is 0 Å². The molecule has 0 saturated carbocycles. The standard InChI is InChI=1S/C18H24BrN3O2.ClH/c19-14-4-6-15(7-5-14)21-17(23)13-8-11-22(12-9-13)18(24)16-3-1-2-10-20-16;/h4-7,13,16,20H,1-3,8-12H2,(H,21,23);1H. The highest BCUT2D eigenvalue weighted by Crippen LogP contribution is 2.22. The van der Waals surface area contributed by atoms with Gasteiger partial charge in [-0.05, 0) is 56.5 Å². The molecule has 1 unspecified atom stereocenters. The highest BCUT2D eigenvalue weighted by Gasteiger charge is 2.31. The lowest BCUT2D eigenvalue weighted by molar-refractivity contribution is -0.137. The number of hydrogen-bond acceptors (Lipinski definition) is 3. The minimum absolute atomic E-state index is 0. The molecule has 1 aromatic rings. The van der Waals surface area contributed by atoms with Crippen LogP contribution in [-0.2, 0) is 9.59 Å². The predicted molar refractivity (Wildman–Crippen MR) is 105 cm³/mol. The van der Waals surface area contributed by atoms with Gasteiger partial charge in [-0.3, -0.25) is 9.59 Å². The maximum atomic E-state index is 12.5. The summed E-state index contributed by atoms with van der Waals surface area (Å²) < 4.78 is 0.989. The SMILES string of the molecule is Cl.O=C(Nc1ccc(Br)cc1)C1CCN(C(=O)C2CCCCN2)CC1. The zero-order valence-corrected chi connectivity index (χ0v) is 16.6. The van der Waals surface area contributed by atoms with Crippen molar-refractivity contribution in [3.05, 3.63) is 28.7 Å². The Balaban J connectivity index is 0.00000225. The van der Waals surface area contributed by atoms with Crippen LogP contribution in [0.4, 0.5) is 5.69 Å². The van der Waals surface area contributed by atoms with E-state index in [1.54, 1.807) is 0 Å². The van der Waals surface area contributed by atoms with E-state index in [9.17, 15) is 9.59 Å². The fourth-order valence-corrected chi connectivity index (χ4v) is 3.69. The Kier molecular flexibility index (Phi) is 7.72. The summed E-state index contributed by atoms with van der Waals surface area (Å²) in [6, 6.07) is 7.57. The molecule has 2 amide bonds. The Morgan fingerprint density at radius 2 is 1.76 bits per heavy atom. The summed E-state index contributed by atoms with van der Waals surface area (Å²) in [5.41, 5.74) is 0.813. The second-order valence-corrected chi connectivity index (χ2v) is 7.51. The average Bonchev–Trinajstić information content (AvgIpc) is 2.64. The van der Waals surface area contributed by atoms with Crippen molar-refractivity contribution >= 4 is 45.8 Å². The molecule has 0 spiro atoms. The number of anilines is 1. The number of hydrogen-bond donors (Lipinski definition) is 2. The number of amides is 2. The van der Waals surface area contributed by atoms with Crippen molar-refractivity contribution in [3.63, 3.8) is 0 Å². The van der Waals surface area contributed by atoms with Crippen LogP contribution >= 0.6 is 28.3 Å². The van der Waals surface area contributed by atoms with Crippen LogP contribution in [-0.4, -0.2) is 42.4 Å². The van der Waals surface area contributed by atoms with E-state index in [-0.39, 0.29) is 36.2 Å². The molecule has 0 bridgehead atoms. The number of piperidine rings is 2. The number of rotatable bonds is 3. The molecule has 0 aromatic heterocycles. The van der Waals surface area contributed by atoms with E-state index in [0.29, 0.717) is 13.1 Å². The normalized spacial score (nSPS) is 21.3. The minimum Gasteiger partial charge on any atom is -0.341 e. The maximum absolute atomic E-state index is 12.5. The Bertz CT molecular complexity index is 582. The number of nitrogens with zero attached hydrogens (tertiary/aromatic N) is 1. The highest BCUT2D eigenvalue weighted by molar-refractivity contribution is 9.10. The number of carbonyl (C=O) groups excluding carboxylic acids is 2. The maximum Gasteiger partial charge on any atom is 0.239 e. The van der Waals surface area contributed by atoms with Gasteiger partial charge in [0.2, 0.25) is 11.8 Å². The molecule has 2 fully saturated rings. The lowest BCUT2D eigenvalue weighted by Crippen LogP contribution is -2.51. The summed E-state index contributed by atoms with van der Waals surface area (Å²) in [6.45, 7) is 2.29. The predicted octanol–water partition coefficient (Wildman–Crippen LogP) is 3.19. The van der Waals surface area contributed by atoms with E-state index in [4.69, 9.17) is 0 Å². The fraction of sp³-hybridized carbons (Fsp3) is 0.556. The van der Waals surface area contributed by atoms with Crippen LogP contribution in [0.2, 0.25) is 0 Å². The third kappa shape index (κ3) is 5.43. The molecular weight excluding hydrogens is 406 g/mol. The molecule has 2 aliphatic heterocycles. The van der Waals surface area contributed by atoms with E-state index in [1.807, 2.05) is 29.2 Å². The monoisotopic (exact) mass is 429 g/mol. The summed E-state index contributed by atoms with van der Waals surface area (Å²) in [4.78, 5) is 26.8. The Morgan fingerprint density at radius 1 is 1.08 bits per heavy atom. The van der Waals surface area contributed by atoms with Crippen molar-refractivity contribution in [1.29, 1.82) is 0 Å². The molecule has 25 heavy (non-hydrogen) atoms. The van der Waals surface area contributed by atoms with Crippen molar-refractivity contribution < 1.29 is 9.59 Å². The van der Waals surface area contributed by atoms with Crippen molar-refractivity contribution in [2.75, 3.05) is 25.0 Å². The molecule has 2 heterocycles. The lowest BCUT2D eigenvalue weighted by atomic mass is 9.94. The van der Waals surface area contributed by atoms with Crippen molar-refractivity contribution in [1.82, 2.24) is 10.2 Å². The van der Waals surface area contributed by atoms with Gasteiger partial charge >= 0.3 is 0 Å². The third-order valence-corrected chi connectivity index (χ3v) is 5.43. The zero-order chi connectivity index (χ0) is 16.9. The van der Waals surface area contributed by atoms with Crippen molar-refractivity contribution in [3.8, 4) is 0 Å². The van der Waals surface area contributed by atoms with Crippen LogP contribution in [0.25, 0.3) is 0 Å². The zero-order valence-electron chi connectivity index (χ0n) is 14.2. The van der Waals surface area contributed by atoms with Gasteiger partial charge in [-0.1, -0.05) is 22.4 Å². The molecule has 7 heteroatoms. The van der Waals surface area contributed by atoms with Gasteiger partial charge in [-0.15, -0.1) is 12.4 Å². The van der Waals surface area contributed by atoms with Crippen LogP contribution in [0, 0.1) is 5.92 Å². The van der Waals surface area contributed by atoms with Gasteiger partial charge < -0.3 is 15.5 Å². The molecule has 1 atom stereocenters. The number of likely N-dealkylation sites (tertiary alicyclic amines) is 1. The second-order valence-electron chi connectivity index (χ2n) is 6.60. The molecule has 2 N–H and O–H groups in total. The van der Waals surface area contributed by atoms with Crippen molar-refractivity contribution in [2.24, 2.45) is 5.92 Å². The first kappa shape index (κ1) is 20.2. The lowest BCUT2D eigenvalue weighted by Gasteiger charge is -2.35. The average molecular weight is 431 g/mol. The Hall–Kier alpha value is -1.11. The van der Waals surface area contributed by atoms with E-state index >= 15 is 0 Å². The van der Waals surface area contributed by atoms with Gasteiger partial charge in [0.1, 0.15) is 0 Å². The van der Waals surface area contributed by atoms with Gasteiger partial charge in [-0.2, -0.15) is 0 Å². The van der Waals surface area contributed by atoms with Crippen molar-refractivity contribution in [2.45, 2.75) is 38.1 Å². The van der Waals surface area contributed by atoms with E-state index in [2.05, 4.69) is 26.6 Å². The molecule has 2 aliphatic rings. The van der Waals surface area contributed by atoms with Crippen LogP contribution in [0.3, 0.4) is 0 Å². The summed E-state index contributed by atoms with van der Waals surface area (Å²) in [5, 5.41) is 6.28. The molecule has 3 rings (SSSR count). The third-order valence-electron chi connectivity index (χ3n) is 4.90. The largest absolute Gasteiger partial charge is 0.341 e.